The van der Waals surface area contributed by atoms with Gasteiger partial charge in [-0.05, 0) is 17.7 Å². The van der Waals surface area contributed by atoms with Crippen molar-refractivity contribution in [2.75, 3.05) is 19.6 Å². The zero-order chi connectivity index (χ0) is 12.3. The molecule has 0 bridgehead atoms. The molecule has 1 amide bonds. The summed E-state index contributed by atoms with van der Waals surface area (Å²) in [7, 11) is 0. The summed E-state index contributed by atoms with van der Waals surface area (Å²) < 4.78 is 18.0. The first-order valence-electron chi connectivity index (χ1n) is 5.62. The third-order valence-corrected chi connectivity index (χ3v) is 2.80. The first kappa shape index (κ1) is 11.9. The second kappa shape index (κ2) is 5.14. The Morgan fingerprint density at radius 1 is 1.41 bits per heavy atom. The lowest BCUT2D eigenvalue weighted by Crippen LogP contribution is -2.41. The molecule has 1 aromatic rings. The molecular weight excluding hydrogens is 223 g/mol. The highest BCUT2D eigenvalue weighted by Crippen LogP contribution is 2.26. The van der Waals surface area contributed by atoms with Gasteiger partial charge in [-0.15, -0.1) is 0 Å². The van der Waals surface area contributed by atoms with Gasteiger partial charge >= 0.3 is 6.09 Å². The molecular formula is C12H15FN2O2. The van der Waals surface area contributed by atoms with Gasteiger partial charge in [0.1, 0.15) is 11.9 Å². The molecule has 0 saturated carbocycles. The molecule has 2 rings (SSSR count). The second-order valence-corrected chi connectivity index (χ2v) is 3.99. The highest BCUT2D eigenvalue weighted by molar-refractivity contribution is 5.68. The van der Waals surface area contributed by atoms with Crippen molar-refractivity contribution in [3.05, 3.63) is 35.6 Å². The van der Waals surface area contributed by atoms with E-state index in [2.05, 4.69) is 0 Å². The smallest absolute Gasteiger partial charge is 0.410 e. The molecule has 1 aromatic carbocycles. The van der Waals surface area contributed by atoms with Gasteiger partial charge < -0.3 is 15.4 Å². The van der Waals surface area contributed by atoms with Crippen LogP contribution in [0.15, 0.2) is 24.3 Å². The van der Waals surface area contributed by atoms with Gasteiger partial charge in [0.2, 0.25) is 0 Å². The first-order valence-corrected chi connectivity index (χ1v) is 5.62. The number of benzene rings is 1. The van der Waals surface area contributed by atoms with Crippen molar-refractivity contribution in [3.8, 4) is 0 Å². The van der Waals surface area contributed by atoms with E-state index in [1.54, 1.807) is 17.0 Å². The summed E-state index contributed by atoms with van der Waals surface area (Å²) in [5.41, 5.74) is 6.22. The van der Waals surface area contributed by atoms with E-state index in [0.29, 0.717) is 26.1 Å². The lowest BCUT2D eigenvalue weighted by Gasteiger charge is -2.31. The van der Waals surface area contributed by atoms with Crippen LogP contribution in [0.5, 0.6) is 0 Å². The van der Waals surface area contributed by atoms with Crippen LogP contribution in [-0.4, -0.2) is 30.6 Å². The van der Waals surface area contributed by atoms with Gasteiger partial charge in [-0.2, -0.15) is 0 Å². The van der Waals surface area contributed by atoms with Crippen LogP contribution in [0.1, 0.15) is 18.1 Å². The summed E-state index contributed by atoms with van der Waals surface area (Å²) >= 11 is 0. The number of amides is 1. The van der Waals surface area contributed by atoms with E-state index in [4.69, 9.17) is 10.5 Å². The Hall–Kier alpha value is -1.62. The number of halogens is 1. The van der Waals surface area contributed by atoms with E-state index in [1.165, 1.54) is 12.1 Å². The lowest BCUT2D eigenvalue weighted by molar-refractivity contribution is 0.0252. The third kappa shape index (κ3) is 2.74. The van der Waals surface area contributed by atoms with Crippen LogP contribution in [0.25, 0.3) is 0 Å². The second-order valence-electron chi connectivity index (χ2n) is 3.99. The van der Waals surface area contributed by atoms with Gasteiger partial charge in [-0.1, -0.05) is 12.1 Å². The maximum absolute atomic E-state index is 12.8. The number of hydrogen-bond acceptors (Lipinski definition) is 3. The van der Waals surface area contributed by atoms with E-state index in [9.17, 15) is 9.18 Å². The Morgan fingerprint density at radius 2 is 2.12 bits per heavy atom. The lowest BCUT2D eigenvalue weighted by atomic mass is 10.1. The fourth-order valence-electron chi connectivity index (χ4n) is 1.89. The largest absolute Gasteiger partial charge is 0.441 e. The van der Waals surface area contributed by atoms with Crippen molar-refractivity contribution in [2.24, 2.45) is 5.73 Å². The number of carbonyl (C=O) groups excluding carboxylic acids is 1. The van der Waals surface area contributed by atoms with Crippen LogP contribution in [-0.2, 0) is 4.74 Å². The van der Waals surface area contributed by atoms with Crippen LogP contribution >= 0.6 is 0 Å². The Kier molecular flexibility index (Phi) is 3.58. The molecule has 0 aromatic heterocycles. The number of nitrogens with zero attached hydrogens (tertiary/aromatic N) is 1. The average Bonchev–Trinajstić information content (AvgIpc) is 2.33. The molecule has 1 unspecified atom stereocenters. The van der Waals surface area contributed by atoms with Gasteiger partial charge in [0.05, 0.1) is 0 Å². The first-order chi connectivity index (χ1) is 8.20. The number of cyclic esters (lactones) is 1. The van der Waals surface area contributed by atoms with Gasteiger partial charge in [-0.25, -0.2) is 9.18 Å². The molecule has 17 heavy (non-hydrogen) atoms. The van der Waals surface area contributed by atoms with Crippen LogP contribution in [0.3, 0.4) is 0 Å². The van der Waals surface area contributed by atoms with Gasteiger partial charge in [0, 0.05) is 26.1 Å². The summed E-state index contributed by atoms with van der Waals surface area (Å²) in [4.78, 5) is 13.2. The minimum absolute atomic E-state index is 0.280. The minimum atomic E-state index is -0.351. The molecule has 1 heterocycles. The molecule has 1 atom stereocenters. The Morgan fingerprint density at radius 3 is 2.71 bits per heavy atom. The van der Waals surface area contributed by atoms with E-state index in [1.807, 2.05) is 0 Å². The molecule has 1 fully saturated rings. The Bertz CT molecular complexity index is 394. The van der Waals surface area contributed by atoms with Crippen LogP contribution < -0.4 is 5.73 Å². The van der Waals surface area contributed by atoms with Crippen molar-refractivity contribution in [3.63, 3.8) is 0 Å². The van der Waals surface area contributed by atoms with Crippen molar-refractivity contribution >= 4 is 6.09 Å². The molecule has 4 nitrogen and oxygen atoms in total. The average molecular weight is 238 g/mol. The number of carbonyl (C=O) groups is 1. The standard InChI is InChI=1S/C12H15FN2O2/c13-10-3-1-9(2-4-10)11-5-7-15(8-6-14)12(16)17-11/h1-4,11H,5-8,14H2. The monoisotopic (exact) mass is 238 g/mol. The zero-order valence-corrected chi connectivity index (χ0v) is 9.43. The van der Waals surface area contributed by atoms with Crippen LogP contribution in [0.2, 0.25) is 0 Å². The van der Waals surface area contributed by atoms with Crippen molar-refractivity contribution < 1.29 is 13.9 Å². The van der Waals surface area contributed by atoms with Crippen molar-refractivity contribution in [1.29, 1.82) is 0 Å². The molecule has 0 radical (unpaired) electrons. The molecule has 0 spiro atoms. The maximum atomic E-state index is 12.8. The van der Waals surface area contributed by atoms with E-state index in [-0.39, 0.29) is 18.0 Å². The Balaban J connectivity index is 2.01. The number of hydrogen-bond donors (Lipinski definition) is 1. The molecule has 2 N–H and O–H groups in total. The summed E-state index contributed by atoms with van der Waals surface area (Å²) in [5, 5.41) is 0. The van der Waals surface area contributed by atoms with Crippen molar-refractivity contribution in [2.45, 2.75) is 12.5 Å². The van der Waals surface area contributed by atoms with Gasteiger partial charge in [-0.3, -0.25) is 0 Å². The van der Waals surface area contributed by atoms with Crippen molar-refractivity contribution in [1.82, 2.24) is 4.90 Å². The predicted octanol–water partition coefficient (Wildman–Crippen LogP) is 1.67. The van der Waals surface area contributed by atoms with Gasteiger partial charge in [0.25, 0.3) is 0 Å². The number of nitrogens with two attached hydrogens (primary N) is 1. The summed E-state index contributed by atoms with van der Waals surface area (Å²) in [5.74, 6) is -0.291. The quantitative estimate of drug-likeness (QED) is 0.871. The van der Waals surface area contributed by atoms with E-state index >= 15 is 0 Å². The normalized spacial score (nSPS) is 20.2. The third-order valence-electron chi connectivity index (χ3n) is 2.80. The molecule has 0 aliphatic carbocycles. The molecule has 1 aliphatic heterocycles. The van der Waals surface area contributed by atoms with Gasteiger partial charge in [0.15, 0.2) is 0 Å². The molecule has 92 valence electrons. The summed E-state index contributed by atoms with van der Waals surface area (Å²) in [6, 6.07) is 6.03. The molecule has 5 heteroatoms. The van der Waals surface area contributed by atoms with Crippen LogP contribution in [0.4, 0.5) is 9.18 Å². The topological polar surface area (TPSA) is 55.6 Å². The minimum Gasteiger partial charge on any atom is -0.441 e. The molecule has 1 saturated heterocycles. The fourth-order valence-corrected chi connectivity index (χ4v) is 1.89. The highest BCUT2D eigenvalue weighted by Gasteiger charge is 2.27. The maximum Gasteiger partial charge on any atom is 0.410 e. The zero-order valence-electron chi connectivity index (χ0n) is 9.43. The summed E-state index contributed by atoms with van der Waals surface area (Å²) in [6.07, 6.45) is 0.0744. The SMILES string of the molecule is NCCN1CCC(c2ccc(F)cc2)OC1=O. The number of rotatable bonds is 3. The summed E-state index contributed by atoms with van der Waals surface area (Å²) in [6.45, 7) is 1.56. The fraction of sp³-hybridized carbons (Fsp3) is 0.417. The molecule has 1 aliphatic rings. The number of ether oxygens (including phenoxy) is 1. The van der Waals surface area contributed by atoms with E-state index in [0.717, 1.165) is 5.56 Å². The van der Waals surface area contributed by atoms with Crippen LogP contribution in [0, 0.1) is 5.82 Å². The van der Waals surface area contributed by atoms with E-state index < -0.39 is 0 Å². The predicted molar refractivity (Wildman–Crippen MR) is 60.9 cm³/mol. The highest BCUT2D eigenvalue weighted by atomic mass is 19.1. The Labute approximate surface area is 99.2 Å².